The van der Waals surface area contributed by atoms with E-state index in [0.29, 0.717) is 18.2 Å². The van der Waals surface area contributed by atoms with Crippen LogP contribution in [0.3, 0.4) is 0 Å². The maximum absolute atomic E-state index is 6.64. The van der Waals surface area contributed by atoms with Crippen molar-refractivity contribution >= 4 is 35.5 Å². The molecule has 0 saturated carbocycles. The highest BCUT2D eigenvalue weighted by Gasteiger charge is 2.27. The molecule has 0 aliphatic heterocycles. The number of rotatable bonds is 7. The molecule has 0 bridgehead atoms. The van der Waals surface area contributed by atoms with E-state index in [1.54, 1.807) is 14.2 Å². The van der Waals surface area contributed by atoms with Gasteiger partial charge < -0.3 is 14.4 Å². The van der Waals surface area contributed by atoms with Crippen LogP contribution in [0.1, 0.15) is 30.3 Å². The van der Waals surface area contributed by atoms with Gasteiger partial charge in [0.25, 0.3) is 0 Å². The fourth-order valence-corrected chi connectivity index (χ4v) is 4.48. The molecular weight excluding hydrogens is 447 g/mol. The molecule has 4 rings (SSSR count). The molecule has 3 aromatic rings. The van der Waals surface area contributed by atoms with E-state index in [4.69, 9.17) is 31.2 Å². The van der Waals surface area contributed by atoms with Crippen LogP contribution in [0, 0.1) is 18.8 Å². The summed E-state index contributed by atoms with van der Waals surface area (Å²) in [6, 6.07) is 5.72. The van der Waals surface area contributed by atoms with Crippen LogP contribution in [0.2, 0.25) is 5.02 Å². The molecule has 0 amide bonds. The Labute approximate surface area is 200 Å². The lowest BCUT2D eigenvalue weighted by molar-refractivity contribution is 0.205. The van der Waals surface area contributed by atoms with Gasteiger partial charge in [0.05, 0.1) is 36.5 Å². The number of benzene rings is 1. The molecule has 0 spiro atoms. The normalized spacial score (nSPS) is 12.2. The summed E-state index contributed by atoms with van der Waals surface area (Å²) in [5.41, 5.74) is 5.97. The number of hydrogen-bond donors (Lipinski definition) is 0. The number of halogens is 2. The Balaban J connectivity index is 0.00000289. The van der Waals surface area contributed by atoms with Gasteiger partial charge in [-0.25, -0.2) is 4.98 Å². The molecule has 8 heteroatoms. The summed E-state index contributed by atoms with van der Waals surface area (Å²) in [5, 5.41) is 5.54. The van der Waals surface area contributed by atoms with E-state index in [0.717, 1.165) is 65.5 Å². The van der Waals surface area contributed by atoms with Crippen LogP contribution < -0.4 is 9.64 Å². The Kier molecular flexibility index (Phi) is 7.89. The van der Waals surface area contributed by atoms with Gasteiger partial charge in [0.15, 0.2) is 5.65 Å². The van der Waals surface area contributed by atoms with Gasteiger partial charge in [-0.3, -0.25) is 0 Å². The molecule has 1 aromatic carbocycles. The first-order chi connectivity index (χ1) is 15.1. The third kappa shape index (κ3) is 4.38. The summed E-state index contributed by atoms with van der Waals surface area (Å²) >= 11 is 6.64. The van der Waals surface area contributed by atoms with Crippen molar-refractivity contribution in [1.29, 1.82) is 0 Å². The number of anilines is 1. The van der Waals surface area contributed by atoms with E-state index in [2.05, 4.69) is 16.7 Å². The fraction of sp³-hybridized carbons (Fsp3) is 0.417. The number of aromatic nitrogens is 3. The van der Waals surface area contributed by atoms with Gasteiger partial charge in [0.1, 0.15) is 11.6 Å². The van der Waals surface area contributed by atoms with Crippen molar-refractivity contribution in [1.82, 2.24) is 14.6 Å². The van der Waals surface area contributed by atoms with Crippen LogP contribution in [0.5, 0.6) is 5.75 Å². The van der Waals surface area contributed by atoms with Crippen LogP contribution in [-0.4, -0.2) is 48.5 Å². The molecule has 1 aliphatic rings. The van der Waals surface area contributed by atoms with Gasteiger partial charge in [-0.05, 0) is 51.3 Å². The molecule has 32 heavy (non-hydrogen) atoms. The van der Waals surface area contributed by atoms with Gasteiger partial charge in [-0.1, -0.05) is 17.5 Å². The molecular formula is C24H28Cl2N4O2. The largest absolute Gasteiger partial charge is 0.497 e. The topological polar surface area (TPSA) is 51.9 Å². The molecule has 0 fully saturated rings. The van der Waals surface area contributed by atoms with Crippen LogP contribution in [0.4, 0.5) is 5.82 Å². The minimum atomic E-state index is 0. The predicted molar refractivity (Wildman–Crippen MR) is 132 cm³/mol. The molecule has 0 atom stereocenters. The maximum atomic E-state index is 6.64. The summed E-state index contributed by atoms with van der Waals surface area (Å²) < 4.78 is 12.7. The second kappa shape index (κ2) is 10.4. The Morgan fingerprint density at radius 1 is 1.25 bits per heavy atom. The summed E-state index contributed by atoms with van der Waals surface area (Å²) in [6.07, 6.45) is 3.06. The average molecular weight is 475 g/mol. The first kappa shape index (κ1) is 24.2. The van der Waals surface area contributed by atoms with Gasteiger partial charge in [0, 0.05) is 30.5 Å². The van der Waals surface area contributed by atoms with Crippen molar-refractivity contribution < 1.29 is 9.47 Å². The van der Waals surface area contributed by atoms with E-state index in [-0.39, 0.29) is 12.4 Å². The van der Waals surface area contributed by atoms with Gasteiger partial charge in [-0.2, -0.15) is 9.61 Å². The highest BCUT2D eigenvalue weighted by atomic mass is 35.5. The van der Waals surface area contributed by atoms with Crippen molar-refractivity contribution in [3.05, 3.63) is 40.2 Å². The minimum Gasteiger partial charge on any atom is -0.497 e. The summed E-state index contributed by atoms with van der Waals surface area (Å²) in [5.74, 6) is 8.01. The smallest absolute Gasteiger partial charge is 0.165 e. The van der Waals surface area contributed by atoms with Crippen LogP contribution in [-0.2, 0) is 17.6 Å². The zero-order chi connectivity index (χ0) is 22.0. The number of ether oxygens (including phenoxy) is 2. The van der Waals surface area contributed by atoms with E-state index >= 15 is 0 Å². The maximum Gasteiger partial charge on any atom is 0.165 e. The Morgan fingerprint density at radius 2 is 2.06 bits per heavy atom. The second-order valence-corrected chi connectivity index (χ2v) is 8.00. The molecule has 0 unspecified atom stereocenters. The number of fused-ring (bicyclic) bond motifs is 2. The molecule has 1 aliphatic carbocycles. The first-order valence-corrected chi connectivity index (χ1v) is 10.8. The van der Waals surface area contributed by atoms with Crippen molar-refractivity contribution in [2.24, 2.45) is 0 Å². The van der Waals surface area contributed by atoms with Crippen LogP contribution >= 0.6 is 24.0 Å². The van der Waals surface area contributed by atoms with Gasteiger partial charge >= 0.3 is 0 Å². The van der Waals surface area contributed by atoms with Crippen molar-refractivity contribution in [3.63, 3.8) is 0 Å². The standard InChI is InChI=1S/C24H27ClN4O2.ClH/c1-5-6-12-28(13-14-30-3)24-19-8-7-9-21(19)26-23-22(16(2)27-29(23)24)18-11-10-17(31-4)15-20(18)25;/h10-11,15H,7-9,12-14H2,1-4H3;1H. The lowest BCUT2D eigenvalue weighted by Crippen LogP contribution is -2.31. The molecule has 6 nitrogen and oxygen atoms in total. The van der Waals surface area contributed by atoms with Crippen molar-refractivity contribution in [2.45, 2.75) is 33.1 Å². The van der Waals surface area contributed by atoms with Crippen LogP contribution in [0.15, 0.2) is 18.2 Å². The summed E-state index contributed by atoms with van der Waals surface area (Å²) in [7, 11) is 3.36. The zero-order valence-corrected chi connectivity index (χ0v) is 20.4. The third-order valence-corrected chi connectivity index (χ3v) is 6.01. The second-order valence-electron chi connectivity index (χ2n) is 7.60. The Hall–Kier alpha value is -2.46. The fourth-order valence-electron chi connectivity index (χ4n) is 4.22. The molecule has 2 aromatic heterocycles. The highest BCUT2D eigenvalue weighted by molar-refractivity contribution is 6.33. The molecule has 170 valence electrons. The third-order valence-electron chi connectivity index (χ3n) is 5.69. The van der Waals surface area contributed by atoms with Gasteiger partial charge in [0.2, 0.25) is 0 Å². The van der Waals surface area contributed by atoms with E-state index in [1.165, 1.54) is 5.56 Å². The lowest BCUT2D eigenvalue weighted by Gasteiger charge is -2.25. The van der Waals surface area contributed by atoms with Crippen molar-refractivity contribution in [3.8, 4) is 28.7 Å². The van der Waals surface area contributed by atoms with E-state index in [9.17, 15) is 0 Å². The first-order valence-electron chi connectivity index (χ1n) is 10.5. The van der Waals surface area contributed by atoms with E-state index < -0.39 is 0 Å². The predicted octanol–water partition coefficient (Wildman–Crippen LogP) is 4.75. The monoisotopic (exact) mass is 474 g/mol. The SMILES string of the molecule is CC#CCN(CCOC)c1c2c(nc3c(-c4ccc(OC)cc4Cl)c(C)nn13)CCC2.Cl. The minimum absolute atomic E-state index is 0. The highest BCUT2D eigenvalue weighted by Crippen LogP contribution is 2.39. The Morgan fingerprint density at radius 3 is 2.75 bits per heavy atom. The summed E-state index contributed by atoms with van der Waals surface area (Å²) in [4.78, 5) is 7.31. The number of aryl methyl sites for hydroxylation is 2. The molecule has 0 radical (unpaired) electrons. The molecule has 2 heterocycles. The number of hydrogen-bond acceptors (Lipinski definition) is 5. The quantitative estimate of drug-likeness (QED) is 0.462. The van der Waals surface area contributed by atoms with Crippen LogP contribution in [0.25, 0.3) is 16.8 Å². The molecule has 0 saturated heterocycles. The van der Waals surface area contributed by atoms with Crippen molar-refractivity contribution in [2.75, 3.05) is 38.8 Å². The number of methoxy groups -OCH3 is 2. The van der Waals surface area contributed by atoms with E-state index in [1.807, 2.05) is 36.6 Å². The Bertz CT molecular complexity index is 1180. The zero-order valence-electron chi connectivity index (χ0n) is 18.9. The number of nitrogens with zero attached hydrogens (tertiary/aromatic N) is 4. The summed E-state index contributed by atoms with van der Waals surface area (Å²) in [6.45, 7) is 5.83. The van der Waals surface area contributed by atoms with Gasteiger partial charge in [-0.15, -0.1) is 18.3 Å². The molecule has 0 N–H and O–H groups in total. The average Bonchev–Trinajstić information content (AvgIpc) is 3.36. The lowest BCUT2D eigenvalue weighted by atomic mass is 10.1.